The lowest BCUT2D eigenvalue weighted by Gasteiger charge is -2.13. The predicted octanol–water partition coefficient (Wildman–Crippen LogP) is 1.81. The second-order valence-electron chi connectivity index (χ2n) is 6.02. The van der Waals surface area contributed by atoms with Crippen molar-refractivity contribution < 1.29 is 28.3 Å². The van der Waals surface area contributed by atoms with Crippen LogP contribution < -0.4 is 14.8 Å². The number of rotatable bonds is 6. The number of fused-ring (bicyclic) bond motifs is 1. The van der Waals surface area contributed by atoms with E-state index in [4.69, 9.17) is 18.7 Å². The van der Waals surface area contributed by atoms with Crippen molar-refractivity contribution in [1.82, 2.24) is 10.5 Å². The maximum Gasteiger partial charge on any atom is 0.311 e. The van der Waals surface area contributed by atoms with Gasteiger partial charge in [-0.2, -0.15) is 0 Å². The Morgan fingerprint density at radius 2 is 2.04 bits per heavy atom. The maximum absolute atomic E-state index is 12.1. The molecule has 1 atom stereocenters. The van der Waals surface area contributed by atoms with E-state index >= 15 is 0 Å². The van der Waals surface area contributed by atoms with Crippen molar-refractivity contribution in [3.63, 3.8) is 0 Å². The maximum atomic E-state index is 12.1. The summed E-state index contributed by atoms with van der Waals surface area (Å²) in [6.07, 6.45) is -0.891. The van der Waals surface area contributed by atoms with Gasteiger partial charge in [-0.15, -0.1) is 0 Å². The molecule has 2 aromatic rings. The van der Waals surface area contributed by atoms with Crippen LogP contribution in [0.5, 0.6) is 11.5 Å². The van der Waals surface area contributed by atoms with Gasteiger partial charge in [0.15, 0.2) is 17.6 Å². The molecule has 8 nitrogen and oxygen atoms in total. The third kappa shape index (κ3) is 3.96. The molecule has 1 amide bonds. The second-order valence-corrected chi connectivity index (χ2v) is 6.02. The van der Waals surface area contributed by atoms with Crippen LogP contribution in [0.15, 0.2) is 22.7 Å². The molecule has 0 bridgehead atoms. The lowest BCUT2D eigenvalue weighted by Crippen LogP contribution is -2.35. The van der Waals surface area contributed by atoms with E-state index in [0.717, 1.165) is 5.56 Å². The van der Waals surface area contributed by atoms with Gasteiger partial charge in [0, 0.05) is 12.1 Å². The summed E-state index contributed by atoms with van der Waals surface area (Å²) in [5.74, 6) is 1.01. The molecule has 0 radical (unpaired) electrons. The summed E-state index contributed by atoms with van der Waals surface area (Å²) in [5.41, 5.74) is 2.18. The van der Waals surface area contributed by atoms with Crippen LogP contribution in [0.2, 0.25) is 0 Å². The van der Waals surface area contributed by atoms with Crippen LogP contribution in [0.3, 0.4) is 0 Å². The van der Waals surface area contributed by atoms with Gasteiger partial charge >= 0.3 is 5.97 Å². The van der Waals surface area contributed by atoms with Crippen molar-refractivity contribution in [1.29, 1.82) is 0 Å². The molecule has 3 rings (SSSR count). The first-order valence-corrected chi connectivity index (χ1v) is 8.21. The molecule has 0 aliphatic carbocycles. The lowest BCUT2D eigenvalue weighted by atomic mass is 10.1. The van der Waals surface area contributed by atoms with E-state index in [1.165, 1.54) is 6.92 Å². The van der Waals surface area contributed by atoms with E-state index in [0.29, 0.717) is 35.1 Å². The SMILES string of the molecule is Cc1noc(C)c1CC(=O)OC(C)C(=O)NCc1ccc2c(c1)OCO2. The van der Waals surface area contributed by atoms with Gasteiger partial charge in [0.1, 0.15) is 5.76 Å². The first kappa shape index (κ1) is 17.8. The highest BCUT2D eigenvalue weighted by Crippen LogP contribution is 2.32. The number of aromatic nitrogens is 1. The van der Waals surface area contributed by atoms with Crippen LogP contribution >= 0.6 is 0 Å². The number of esters is 1. The highest BCUT2D eigenvalue weighted by molar-refractivity contribution is 5.84. The third-order valence-electron chi connectivity index (χ3n) is 4.08. The summed E-state index contributed by atoms with van der Waals surface area (Å²) < 4.78 is 20.7. The molecule has 1 aliphatic heterocycles. The Morgan fingerprint density at radius 3 is 2.77 bits per heavy atom. The van der Waals surface area contributed by atoms with E-state index in [-0.39, 0.29) is 19.1 Å². The Balaban J connectivity index is 1.49. The number of benzene rings is 1. The minimum atomic E-state index is -0.906. The normalized spacial score (nSPS) is 13.3. The molecule has 1 aliphatic rings. The number of hydrogen-bond donors (Lipinski definition) is 1. The first-order valence-electron chi connectivity index (χ1n) is 8.21. The molecule has 138 valence electrons. The zero-order chi connectivity index (χ0) is 18.7. The van der Waals surface area contributed by atoms with Crippen molar-refractivity contribution in [3.8, 4) is 11.5 Å². The Kier molecular flexibility index (Phi) is 5.11. The molecular formula is C18H20N2O6. The Hall–Kier alpha value is -3.03. The molecule has 0 spiro atoms. The van der Waals surface area contributed by atoms with Gasteiger partial charge in [-0.05, 0) is 38.5 Å². The van der Waals surface area contributed by atoms with Crippen LogP contribution in [-0.2, 0) is 27.3 Å². The van der Waals surface area contributed by atoms with E-state index < -0.39 is 12.1 Å². The Labute approximate surface area is 150 Å². The number of nitrogens with zero attached hydrogens (tertiary/aromatic N) is 1. The summed E-state index contributed by atoms with van der Waals surface area (Å²) in [6.45, 7) is 5.50. The summed E-state index contributed by atoms with van der Waals surface area (Å²) in [4.78, 5) is 24.2. The molecule has 1 aromatic heterocycles. The average Bonchev–Trinajstić information content (AvgIpc) is 3.20. The molecule has 0 fully saturated rings. The van der Waals surface area contributed by atoms with Crippen molar-refractivity contribution in [2.45, 2.75) is 39.8 Å². The predicted molar refractivity (Wildman–Crippen MR) is 89.6 cm³/mol. The smallest absolute Gasteiger partial charge is 0.311 e. The minimum absolute atomic E-state index is 0.0148. The van der Waals surface area contributed by atoms with Gasteiger partial charge in [-0.1, -0.05) is 11.2 Å². The van der Waals surface area contributed by atoms with Gasteiger partial charge in [-0.3, -0.25) is 9.59 Å². The van der Waals surface area contributed by atoms with Crippen molar-refractivity contribution >= 4 is 11.9 Å². The van der Waals surface area contributed by atoms with E-state index in [9.17, 15) is 9.59 Å². The quantitative estimate of drug-likeness (QED) is 0.784. The van der Waals surface area contributed by atoms with Crippen LogP contribution in [0, 0.1) is 13.8 Å². The summed E-state index contributed by atoms with van der Waals surface area (Å²) in [5, 5.41) is 6.52. The number of carbonyl (C=O) groups excluding carboxylic acids is 2. The van der Waals surface area contributed by atoms with Gasteiger partial charge < -0.3 is 24.1 Å². The highest BCUT2D eigenvalue weighted by atomic mass is 16.7. The van der Waals surface area contributed by atoms with E-state index in [1.54, 1.807) is 26.0 Å². The third-order valence-corrected chi connectivity index (χ3v) is 4.08. The molecular weight excluding hydrogens is 340 g/mol. The summed E-state index contributed by atoms with van der Waals surface area (Å²) >= 11 is 0. The summed E-state index contributed by atoms with van der Waals surface area (Å²) in [7, 11) is 0. The number of amides is 1. The van der Waals surface area contributed by atoms with Crippen molar-refractivity contribution in [3.05, 3.63) is 40.8 Å². The highest BCUT2D eigenvalue weighted by Gasteiger charge is 2.21. The van der Waals surface area contributed by atoms with Crippen molar-refractivity contribution in [2.24, 2.45) is 0 Å². The molecule has 1 aromatic carbocycles. The fraction of sp³-hybridized carbons (Fsp3) is 0.389. The topological polar surface area (TPSA) is 99.9 Å². The molecule has 0 saturated carbocycles. The van der Waals surface area contributed by atoms with E-state index in [2.05, 4.69) is 10.5 Å². The number of carbonyl (C=O) groups is 2. The number of hydrogen-bond acceptors (Lipinski definition) is 7. The van der Waals surface area contributed by atoms with Gasteiger partial charge in [0.05, 0.1) is 12.1 Å². The largest absolute Gasteiger partial charge is 0.454 e. The van der Waals surface area contributed by atoms with Gasteiger partial charge in [0.2, 0.25) is 6.79 Å². The van der Waals surface area contributed by atoms with E-state index in [1.807, 2.05) is 6.07 Å². The van der Waals surface area contributed by atoms with Gasteiger partial charge in [0.25, 0.3) is 5.91 Å². The van der Waals surface area contributed by atoms with Crippen LogP contribution in [0.25, 0.3) is 0 Å². The number of aryl methyl sites for hydroxylation is 2. The lowest BCUT2D eigenvalue weighted by molar-refractivity contribution is -0.154. The molecule has 26 heavy (non-hydrogen) atoms. The zero-order valence-electron chi connectivity index (χ0n) is 14.8. The molecule has 0 saturated heterocycles. The average molecular weight is 360 g/mol. The number of ether oxygens (including phenoxy) is 3. The van der Waals surface area contributed by atoms with Crippen LogP contribution in [0.1, 0.15) is 29.5 Å². The standard InChI is InChI=1S/C18H20N2O6/c1-10-14(11(2)26-20-10)7-17(21)25-12(3)18(22)19-8-13-4-5-15-16(6-13)24-9-23-15/h4-6,12H,7-9H2,1-3H3,(H,19,22). The van der Waals surface area contributed by atoms with Crippen LogP contribution in [0.4, 0.5) is 0 Å². The Bertz CT molecular complexity index is 810. The monoisotopic (exact) mass is 360 g/mol. The minimum Gasteiger partial charge on any atom is -0.454 e. The van der Waals surface area contributed by atoms with Crippen LogP contribution in [-0.4, -0.2) is 29.9 Å². The molecule has 8 heteroatoms. The Morgan fingerprint density at radius 1 is 1.27 bits per heavy atom. The second kappa shape index (κ2) is 7.47. The van der Waals surface area contributed by atoms with Gasteiger partial charge in [-0.25, -0.2) is 0 Å². The first-order chi connectivity index (χ1) is 12.4. The zero-order valence-corrected chi connectivity index (χ0v) is 14.8. The molecule has 1 unspecified atom stereocenters. The fourth-order valence-corrected chi connectivity index (χ4v) is 2.57. The number of nitrogens with one attached hydrogen (secondary N) is 1. The van der Waals surface area contributed by atoms with Crippen molar-refractivity contribution in [2.75, 3.05) is 6.79 Å². The fourth-order valence-electron chi connectivity index (χ4n) is 2.57. The molecule has 1 N–H and O–H groups in total. The summed E-state index contributed by atoms with van der Waals surface area (Å²) in [6, 6.07) is 5.43. The molecule has 2 heterocycles.